The van der Waals surface area contributed by atoms with Crippen LogP contribution in [0.2, 0.25) is 0 Å². The zero-order valence-electron chi connectivity index (χ0n) is 13.4. The first-order valence-electron chi connectivity index (χ1n) is 7.46. The van der Waals surface area contributed by atoms with Crippen LogP contribution in [0.25, 0.3) is 0 Å². The van der Waals surface area contributed by atoms with Gasteiger partial charge in [-0.2, -0.15) is 0 Å². The number of hydrogen-bond acceptors (Lipinski definition) is 6. The van der Waals surface area contributed by atoms with Gasteiger partial charge in [0.15, 0.2) is 11.5 Å². The first-order valence-corrected chi connectivity index (χ1v) is 8.27. The summed E-state index contributed by atoms with van der Waals surface area (Å²) in [5.74, 6) is 2.00. The van der Waals surface area contributed by atoms with Gasteiger partial charge in [0.25, 0.3) is 5.19 Å². The van der Waals surface area contributed by atoms with Crippen molar-refractivity contribution in [1.82, 2.24) is 4.98 Å². The van der Waals surface area contributed by atoms with Crippen molar-refractivity contribution in [2.75, 3.05) is 7.11 Å². The fourth-order valence-corrected chi connectivity index (χ4v) is 2.74. The maximum absolute atomic E-state index is 5.84. The molecule has 5 nitrogen and oxygen atoms in total. The van der Waals surface area contributed by atoms with Crippen LogP contribution in [0, 0.1) is 0 Å². The van der Waals surface area contributed by atoms with Gasteiger partial charge in [0, 0.05) is 6.04 Å². The first-order chi connectivity index (χ1) is 11.7. The van der Waals surface area contributed by atoms with Crippen LogP contribution >= 0.6 is 11.3 Å². The SMILES string of the molecule is COc1ccccc1Oc1ncc(Oc2ccc(C(C)N)cc2)s1. The van der Waals surface area contributed by atoms with Gasteiger partial charge in [0.2, 0.25) is 5.06 Å². The predicted octanol–water partition coefficient (Wildman–Crippen LogP) is 4.76. The van der Waals surface area contributed by atoms with Gasteiger partial charge in [-0.05, 0) is 48.1 Å². The van der Waals surface area contributed by atoms with Crippen LogP contribution in [0.4, 0.5) is 0 Å². The van der Waals surface area contributed by atoms with Crippen molar-refractivity contribution in [1.29, 1.82) is 0 Å². The number of rotatable bonds is 6. The van der Waals surface area contributed by atoms with Crippen LogP contribution < -0.4 is 19.9 Å². The highest BCUT2D eigenvalue weighted by Gasteiger charge is 2.10. The van der Waals surface area contributed by atoms with Crippen molar-refractivity contribution >= 4 is 11.3 Å². The molecule has 6 heteroatoms. The Hall–Kier alpha value is -2.57. The molecule has 3 aromatic rings. The minimum Gasteiger partial charge on any atom is -0.493 e. The molecule has 0 aliphatic heterocycles. The van der Waals surface area contributed by atoms with Crippen LogP contribution in [-0.4, -0.2) is 12.1 Å². The largest absolute Gasteiger partial charge is 0.493 e. The molecule has 0 fully saturated rings. The van der Waals surface area contributed by atoms with Crippen LogP contribution in [0.5, 0.6) is 27.5 Å². The lowest BCUT2D eigenvalue weighted by molar-refractivity contribution is 0.378. The molecule has 0 aliphatic carbocycles. The summed E-state index contributed by atoms with van der Waals surface area (Å²) in [6.45, 7) is 1.94. The Morgan fingerprint density at radius 2 is 1.71 bits per heavy atom. The Balaban J connectivity index is 1.69. The summed E-state index contributed by atoms with van der Waals surface area (Å²) >= 11 is 1.32. The lowest BCUT2D eigenvalue weighted by Crippen LogP contribution is -2.04. The minimum absolute atomic E-state index is 0.00306. The quantitative estimate of drug-likeness (QED) is 0.700. The molecule has 24 heavy (non-hydrogen) atoms. The maximum Gasteiger partial charge on any atom is 0.282 e. The van der Waals surface area contributed by atoms with Crippen molar-refractivity contribution in [3.63, 3.8) is 0 Å². The molecule has 124 valence electrons. The van der Waals surface area contributed by atoms with E-state index < -0.39 is 0 Å². The number of benzene rings is 2. The van der Waals surface area contributed by atoms with Gasteiger partial charge in [-0.3, -0.25) is 0 Å². The molecule has 0 bridgehead atoms. The van der Waals surface area contributed by atoms with Crippen LogP contribution in [0.1, 0.15) is 18.5 Å². The molecule has 0 radical (unpaired) electrons. The molecule has 2 aromatic carbocycles. The summed E-state index contributed by atoms with van der Waals surface area (Å²) in [5, 5.41) is 1.13. The van der Waals surface area contributed by atoms with E-state index in [9.17, 15) is 0 Å². The van der Waals surface area contributed by atoms with Gasteiger partial charge in [-0.1, -0.05) is 24.3 Å². The van der Waals surface area contributed by atoms with E-state index in [0.29, 0.717) is 21.8 Å². The van der Waals surface area contributed by atoms with E-state index in [2.05, 4.69) is 4.98 Å². The lowest BCUT2D eigenvalue weighted by Gasteiger charge is -2.07. The van der Waals surface area contributed by atoms with E-state index in [1.807, 2.05) is 55.5 Å². The number of ether oxygens (including phenoxy) is 3. The van der Waals surface area contributed by atoms with Crippen molar-refractivity contribution in [2.24, 2.45) is 5.73 Å². The Kier molecular flexibility index (Phi) is 4.98. The van der Waals surface area contributed by atoms with E-state index in [4.69, 9.17) is 19.9 Å². The average Bonchev–Trinajstić information content (AvgIpc) is 3.03. The van der Waals surface area contributed by atoms with E-state index in [-0.39, 0.29) is 6.04 Å². The monoisotopic (exact) mass is 342 g/mol. The minimum atomic E-state index is 0.00306. The topological polar surface area (TPSA) is 66.6 Å². The second kappa shape index (κ2) is 7.33. The van der Waals surface area contributed by atoms with Crippen molar-refractivity contribution in [3.05, 3.63) is 60.3 Å². The van der Waals surface area contributed by atoms with Crippen molar-refractivity contribution < 1.29 is 14.2 Å². The molecule has 0 spiro atoms. The number of nitrogens with zero attached hydrogens (tertiary/aromatic N) is 1. The summed E-state index contributed by atoms with van der Waals surface area (Å²) < 4.78 is 16.8. The fourth-order valence-electron chi connectivity index (χ4n) is 2.09. The first kappa shape index (κ1) is 16.3. The molecule has 0 saturated carbocycles. The van der Waals surface area contributed by atoms with E-state index in [1.54, 1.807) is 13.3 Å². The van der Waals surface area contributed by atoms with Crippen molar-refractivity contribution in [2.45, 2.75) is 13.0 Å². The lowest BCUT2D eigenvalue weighted by atomic mass is 10.1. The third-order valence-corrected chi connectivity index (χ3v) is 4.11. The third-order valence-electron chi connectivity index (χ3n) is 3.35. The number of methoxy groups -OCH3 is 1. The average molecular weight is 342 g/mol. The standard InChI is InChI=1S/C18H18N2O3S/c1-12(19)13-7-9-14(10-8-13)22-17-11-20-18(24-17)23-16-6-4-3-5-15(16)21-2/h3-12H,19H2,1-2H3. The highest BCUT2D eigenvalue weighted by molar-refractivity contribution is 7.15. The molecule has 0 saturated heterocycles. The fraction of sp³-hybridized carbons (Fsp3) is 0.167. The maximum atomic E-state index is 5.84. The molecular weight excluding hydrogens is 324 g/mol. The second-order valence-corrected chi connectivity index (χ2v) is 6.11. The van der Waals surface area contributed by atoms with E-state index in [1.165, 1.54) is 11.3 Å². The Morgan fingerprint density at radius 1 is 1.00 bits per heavy atom. The predicted molar refractivity (Wildman–Crippen MR) is 94.3 cm³/mol. The van der Waals surface area contributed by atoms with Crippen LogP contribution in [0.3, 0.4) is 0 Å². The Morgan fingerprint density at radius 3 is 2.38 bits per heavy atom. The number of nitrogens with two attached hydrogens (primary N) is 1. The molecule has 1 unspecified atom stereocenters. The third kappa shape index (κ3) is 3.84. The normalized spacial score (nSPS) is 11.8. The van der Waals surface area contributed by atoms with Gasteiger partial charge in [0.05, 0.1) is 13.3 Å². The molecule has 0 aliphatic rings. The summed E-state index contributed by atoms with van der Waals surface area (Å²) in [7, 11) is 1.60. The molecular formula is C18H18N2O3S. The highest BCUT2D eigenvalue weighted by Crippen LogP contribution is 2.37. The number of thiazole rings is 1. The van der Waals surface area contributed by atoms with E-state index in [0.717, 1.165) is 11.3 Å². The molecule has 1 atom stereocenters. The smallest absolute Gasteiger partial charge is 0.282 e. The van der Waals surface area contributed by atoms with Gasteiger partial charge in [-0.15, -0.1) is 0 Å². The number of aromatic nitrogens is 1. The van der Waals surface area contributed by atoms with Gasteiger partial charge in [0.1, 0.15) is 5.75 Å². The molecule has 1 aromatic heterocycles. The van der Waals surface area contributed by atoms with Crippen LogP contribution in [-0.2, 0) is 0 Å². The van der Waals surface area contributed by atoms with Gasteiger partial charge < -0.3 is 19.9 Å². The molecule has 0 amide bonds. The van der Waals surface area contributed by atoms with E-state index >= 15 is 0 Å². The highest BCUT2D eigenvalue weighted by atomic mass is 32.1. The number of para-hydroxylation sites is 2. The molecule has 3 rings (SSSR count). The number of hydrogen-bond donors (Lipinski definition) is 1. The van der Waals surface area contributed by atoms with Gasteiger partial charge >= 0.3 is 0 Å². The zero-order valence-corrected chi connectivity index (χ0v) is 14.2. The van der Waals surface area contributed by atoms with Crippen molar-refractivity contribution in [3.8, 4) is 27.5 Å². The molecule has 2 N–H and O–H groups in total. The van der Waals surface area contributed by atoms with Gasteiger partial charge in [-0.25, -0.2) is 4.98 Å². The summed E-state index contributed by atoms with van der Waals surface area (Å²) in [6.07, 6.45) is 1.63. The summed E-state index contributed by atoms with van der Waals surface area (Å²) in [6, 6.07) is 15.1. The van der Waals surface area contributed by atoms with Crippen LogP contribution in [0.15, 0.2) is 54.7 Å². The summed E-state index contributed by atoms with van der Waals surface area (Å²) in [5.41, 5.74) is 6.90. The zero-order chi connectivity index (χ0) is 16.9. The Bertz CT molecular complexity index is 800. The Labute approximate surface area is 144 Å². The molecule has 1 heterocycles. The second-order valence-electron chi connectivity index (χ2n) is 5.16. The summed E-state index contributed by atoms with van der Waals surface area (Å²) in [4.78, 5) is 4.22.